The molecule has 0 spiro atoms. The Balaban J connectivity index is 2.06. The minimum absolute atomic E-state index is 0.735. The number of rotatable bonds is 2. The number of aryl methyl sites for hydroxylation is 1. The van der Waals surface area contributed by atoms with Crippen LogP contribution in [0.15, 0.2) is 24.3 Å². The van der Waals surface area contributed by atoms with Gasteiger partial charge in [-0.25, -0.2) is 0 Å². The van der Waals surface area contributed by atoms with Crippen LogP contribution >= 0.6 is 0 Å². The fourth-order valence-corrected chi connectivity index (χ4v) is 2.33. The van der Waals surface area contributed by atoms with E-state index >= 15 is 0 Å². The summed E-state index contributed by atoms with van der Waals surface area (Å²) in [6, 6.07) is 9.19. The van der Waals surface area contributed by atoms with Gasteiger partial charge in [-0.15, -0.1) is 0 Å². The highest BCUT2D eigenvalue weighted by Crippen LogP contribution is 2.23. The molecule has 1 nitrogen and oxygen atoms in total. The van der Waals surface area contributed by atoms with Gasteiger partial charge >= 0.3 is 0 Å². The lowest BCUT2D eigenvalue weighted by Gasteiger charge is -2.14. The van der Waals surface area contributed by atoms with Gasteiger partial charge in [0, 0.05) is 6.54 Å². The van der Waals surface area contributed by atoms with Crippen molar-refractivity contribution in [2.24, 2.45) is 0 Å². The molecule has 1 atom stereocenters. The topological polar surface area (TPSA) is 12.0 Å². The second-order valence-corrected chi connectivity index (χ2v) is 4.49. The zero-order chi connectivity index (χ0) is 10.5. The molecule has 0 bridgehead atoms. The Morgan fingerprint density at radius 2 is 2.00 bits per heavy atom. The molecule has 1 heteroatoms. The van der Waals surface area contributed by atoms with Crippen molar-refractivity contribution in [1.29, 1.82) is 0 Å². The second kappa shape index (κ2) is 5.32. The predicted molar refractivity (Wildman–Crippen MR) is 65.3 cm³/mol. The maximum atomic E-state index is 3.52. The first kappa shape index (κ1) is 10.7. The van der Waals surface area contributed by atoms with Crippen LogP contribution in [0.3, 0.4) is 0 Å². The molecule has 1 N–H and O–H groups in total. The van der Waals surface area contributed by atoms with Crippen molar-refractivity contribution in [3.8, 4) is 0 Å². The van der Waals surface area contributed by atoms with Crippen LogP contribution < -0.4 is 5.32 Å². The summed E-state index contributed by atoms with van der Waals surface area (Å²) in [5.74, 6) is 0.735. The highest BCUT2D eigenvalue weighted by molar-refractivity contribution is 5.25. The van der Waals surface area contributed by atoms with E-state index in [-0.39, 0.29) is 0 Å². The summed E-state index contributed by atoms with van der Waals surface area (Å²) >= 11 is 0. The maximum Gasteiger partial charge on any atom is 0.00201 e. The molecule has 82 valence electrons. The molecule has 1 unspecified atom stereocenters. The SMILES string of the molecule is CCc1ccc(C2CCCCNC2)cc1. The normalized spacial score (nSPS) is 22.3. The van der Waals surface area contributed by atoms with Crippen LogP contribution in [0, 0.1) is 0 Å². The van der Waals surface area contributed by atoms with E-state index in [9.17, 15) is 0 Å². The Morgan fingerprint density at radius 1 is 1.20 bits per heavy atom. The van der Waals surface area contributed by atoms with Crippen LogP contribution in [0.4, 0.5) is 0 Å². The number of hydrogen-bond acceptors (Lipinski definition) is 1. The predicted octanol–water partition coefficient (Wildman–Crippen LogP) is 3.11. The molecule has 2 rings (SSSR count). The van der Waals surface area contributed by atoms with Gasteiger partial charge in [-0.1, -0.05) is 37.6 Å². The molecular formula is C14H21N. The molecule has 0 aromatic heterocycles. The molecule has 1 aromatic rings. The lowest BCUT2D eigenvalue weighted by molar-refractivity contribution is 0.610. The summed E-state index contributed by atoms with van der Waals surface area (Å²) in [6.45, 7) is 4.57. The Bertz CT molecular complexity index is 281. The average Bonchev–Trinajstić information content (AvgIpc) is 2.58. The van der Waals surface area contributed by atoms with Crippen molar-refractivity contribution in [2.75, 3.05) is 13.1 Å². The second-order valence-electron chi connectivity index (χ2n) is 4.49. The first-order chi connectivity index (χ1) is 7.40. The average molecular weight is 203 g/mol. The summed E-state index contributed by atoms with van der Waals surface area (Å²) in [5.41, 5.74) is 2.96. The molecule has 1 fully saturated rings. The van der Waals surface area contributed by atoms with Crippen LogP contribution in [-0.2, 0) is 6.42 Å². The highest BCUT2D eigenvalue weighted by Gasteiger charge is 2.13. The smallest absolute Gasteiger partial charge is 0.00201 e. The first-order valence-corrected chi connectivity index (χ1v) is 6.19. The zero-order valence-corrected chi connectivity index (χ0v) is 9.63. The molecule has 1 heterocycles. The summed E-state index contributed by atoms with van der Waals surface area (Å²) in [5, 5.41) is 3.52. The van der Waals surface area contributed by atoms with Gasteiger partial charge < -0.3 is 5.32 Å². The van der Waals surface area contributed by atoms with Gasteiger partial charge in [0.15, 0.2) is 0 Å². The number of nitrogens with one attached hydrogen (secondary N) is 1. The third-order valence-electron chi connectivity index (χ3n) is 3.41. The van der Waals surface area contributed by atoms with Gasteiger partial charge in [0.05, 0.1) is 0 Å². The van der Waals surface area contributed by atoms with E-state index in [1.807, 2.05) is 0 Å². The lowest BCUT2D eigenvalue weighted by atomic mass is 9.93. The Kier molecular flexibility index (Phi) is 3.79. The van der Waals surface area contributed by atoms with Crippen molar-refractivity contribution in [3.63, 3.8) is 0 Å². The third-order valence-corrected chi connectivity index (χ3v) is 3.41. The minimum atomic E-state index is 0.735. The lowest BCUT2D eigenvalue weighted by Crippen LogP contribution is -2.19. The van der Waals surface area contributed by atoms with Crippen LogP contribution in [-0.4, -0.2) is 13.1 Å². The fraction of sp³-hybridized carbons (Fsp3) is 0.571. The van der Waals surface area contributed by atoms with E-state index in [1.54, 1.807) is 0 Å². The van der Waals surface area contributed by atoms with Crippen molar-refractivity contribution < 1.29 is 0 Å². The van der Waals surface area contributed by atoms with E-state index < -0.39 is 0 Å². The van der Waals surface area contributed by atoms with Crippen molar-refractivity contribution in [2.45, 2.75) is 38.5 Å². The van der Waals surface area contributed by atoms with Gasteiger partial charge in [-0.3, -0.25) is 0 Å². The maximum absolute atomic E-state index is 3.52. The molecule has 0 amide bonds. The van der Waals surface area contributed by atoms with E-state index in [0.29, 0.717) is 0 Å². The molecule has 1 saturated heterocycles. The summed E-state index contributed by atoms with van der Waals surface area (Å²) in [4.78, 5) is 0. The highest BCUT2D eigenvalue weighted by atomic mass is 14.9. The van der Waals surface area contributed by atoms with Crippen molar-refractivity contribution in [3.05, 3.63) is 35.4 Å². The van der Waals surface area contributed by atoms with E-state index in [1.165, 1.54) is 36.9 Å². The molecule has 1 aromatic carbocycles. The van der Waals surface area contributed by atoms with Gasteiger partial charge in [0.1, 0.15) is 0 Å². The molecule has 0 saturated carbocycles. The molecule has 1 aliphatic heterocycles. The van der Waals surface area contributed by atoms with Gasteiger partial charge in [0.25, 0.3) is 0 Å². The van der Waals surface area contributed by atoms with Crippen LogP contribution in [0.1, 0.15) is 43.2 Å². The molecule has 15 heavy (non-hydrogen) atoms. The minimum Gasteiger partial charge on any atom is -0.316 e. The standard InChI is InChI=1S/C14H21N/c1-2-12-6-8-13(9-7-12)14-5-3-4-10-15-11-14/h6-9,14-15H,2-5,10-11H2,1H3. The van der Waals surface area contributed by atoms with E-state index in [0.717, 1.165) is 18.9 Å². The molecule has 0 radical (unpaired) electrons. The van der Waals surface area contributed by atoms with Crippen molar-refractivity contribution in [1.82, 2.24) is 5.32 Å². The Morgan fingerprint density at radius 3 is 2.73 bits per heavy atom. The van der Waals surface area contributed by atoms with Gasteiger partial charge in [-0.05, 0) is 42.9 Å². The number of benzene rings is 1. The zero-order valence-electron chi connectivity index (χ0n) is 9.63. The Labute approximate surface area is 92.9 Å². The quantitative estimate of drug-likeness (QED) is 0.778. The van der Waals surface area contributed by atoms with Crippen LogP contribution in [0.25, 0.3) is 0 Å². The molecule has 0 aliphatic carbocycles. The molecule has 1 aliphatic rings. The molecular weight excluding hydrogens is 182 g/mol. The van der Waals surface area contributed by atoms with Crippen LogP contribution in [0.5, 0.6) is 0 Å². The monoisotopic (exact) mass is 203 g/mol. The number of hydrogen-bond donors (Lipinski definition) is 1. The summed E-state index contributed by atoms with van der Waals surface area (Å²) < 4.78 is 0. The Hall–Kier alpha value is -0.820. The third kappa shape index (κ3) is 2.82. The van der Waals surface area contributed by atoms with Crippen LogP contribution in [0.2, 0.25) is 0 Å². The van der Waals surface area contributed by atoms with Gasteiger partial charge in [0.2, 0.25) is 0 Å². The summed E-state index contributed by atoms with van der Waals surface area (Å²) in [7, 11) is 0. The van der Waals surface area contributed by atoms with E-state index in [4.69, 9.17) is 0 Å². The largest absolute Gasteiger partial charge is 0.316 e. The van der Waals surface area contributed by atoms with E-state index in [2.05, 4.69) is 36.5 Å². The van der Waals surface area contributed by atoms with Gasteiger partial charge in [-0.2, -0.15) is 0 Å². The summed E-state index contributed by atoms with van der Waals surface area (Å²) in [6.07, 6.45) is 5.19. The fourth-order valence-electron chi connectivity index (χ4n) is 2.33. The first-order valence-electron chi connectivity index (χ1n) is 6.19. The van der Waals surface area contributed by atoms with Crippen molar-refractivity contribution >= 4 is 0 Å².